The molecule has 106 valence electrons. The van der Waals surface area contributed by atoms with Gasteiger partial charge < -0.3 is 0 Å². The second kappa shape index (κ2) is 5.32. The fourth-order valence-corrected chi connectivity index (χ4v) is 4.77. The average molecular weight is 313 g/mol. The molecule has 2 rings (SSSR count). The van der Waals surface area contributed by atoms with E-state index < -0.39 is 34.4 Å². The molecule has 1 saturated heterocycles. The van der Waals surface area contributed by atoms with E-state index in [1.807, 2.05) is 6.07 Å². The van der Waals surface area contributed by atoms with Crippen molar-refractivity contribution in [2.75, 3.05) is 6.54 Å². The molecule has 1 unspecified atom stereocenters. The van der Waals surface area contributed by atoms with Gasteiger partial charge in [-0.1, -0.05) is 6.92 Å². The molecule has 1 fully saturated rings. The van der Waals surface area contributed by atoms with Gasteiger partial charge in [-0.25, -0.2) is 8.42 Å². The zero-order valence-electron chi connectivity index (χ0n) is 10.5. The van der Waals surface area contributed by atoms with Gasteiger partial charge in [-0.05, 0) is 18.6 Å². The van der Waals surface area contributed by atoms with Crippen LogP contribution in [0.3, 0.4) is 0 Å². The van der Waals surface area contributed by atoms with Crippen LogP contribution in [0.4, 0.5) is 0 Å². The summed E-state index contributed by atoms with van der Waals surface area (Å²) in [5.74, 6) is -1.27. The maximum absolute atomic E-state index is 12.5. The number of nitrogens with one attached hydrogen (secondary N) is 1. The highest BCUT2D eigenvalue weighted by Crippen LogP contribution is 2.27. The number of sulfonamides is 1. The van der Waals surface area contributed by atoms with Gasteiger partial charge in [0.15, 0.2) is 0 Å². The summed E-state index contributed by atoms with van der Waals surface area (Å²) >= 11 is 0.815. The number of carbonyl (C=O) groups is 2. The maximum Gasteiger partial charge on any atom is 0.253 e. The van der Waals surface area contributed by atoms with Gasteiger partial charge in [-0.3, -0.25) is 14.9 Å². The lowest BCUT2D eigenvalue weighted by molar-refractivity contribution is -0.137. The number of hydrogen-bond acceptors (Lipinski definition) is 6. The molecular weight excluding hydrogens is 302 g/mol. The van der Waals surface area contributed by atoms with Crippen LogP contribution in [0.1, 0.15) is 18.2 Å². The maximum atomic E-state index is 12.5. The lowest BCUT2D eigenvalue weighted by atomic mass is 10.2. The van der Waals surface area contributed by atoms with Gasteiger partial charge in [-0.15, -0.1) is 11.3 Å². The minimum absolute atomic E-state index is 0.0463. The van der Waals surface area contributed by atoms with E-state index in [-0.39, 0.29) is 15.5 Å². The topological polar surface area (TPSA) is 107 Å². The molecule has 20 heavy (non-hydrogen) atoms. The van der Waals surface area contributed by atoms with Gasteiger partial charge in [0, 0.05) is 0 Å². The van der Waals surface area contributed by atoms with Crippen LogP contribution in [0.5, 0.6) is 0 Å². The van der Waals surface area contributed by atoms with E-state index in [0.29, 0.717) is 0 Å². The molecule has 0 aromatic carbocycles. The minimum Gasteiger partial charge on any atom is -0.294 e. The van der Waals surface area contributed by atoms with Crippen molar-refractivity contribution < 1.29 is 18.0 Å². The van der Waals surface area contributed by atoms with Crippen LogP contribution in [-0.4, -0.2) is 37.1 Å². The standard InChI is InChI=1S/C11H11N3O4S2/c1-2-8-11(16)13-9(15)6-14(8)20(17,18)10-4-3-7(5-12)19-10/h3-4,8H,2,6H2,1H3,(H,13,15,16). The van der Waals surface area contributed by atoms with Gasteiger partial charge in [0.25, 0.3) is 10.0 Å². The van der Waals surface area contributed by atoms with Crippen molar-refractivity contribution in [3.05, 3.63) is 17.0 Å². The van der Waals surface area contributed by atoms with Crippen molar-refractivity contribution in [3.8, 4) is 6.07 Å². The fourth-order valence-electron chi connectivity index (χ4n) is 1.92. The molecule has 0 aliphatic carbocycles. The van der Waals surface area contributed by atoms with Crippen LogP contribution in [-0.2, 0) is 19.6 Å². The van der Waals surface area contributed by atoms with E-state index in [4.69, 9.17) is 5.26 Å². The Kier molecular flexibility index (Phi) is 3.89. The summed E-state index contributed by atoms with van der Waals surface area (Å²) in [5, 5.41) is 10.9. The first kappa shape index (κ1) is 14.6. The summed E-state index contributed by atoms with van der Waals surface area (Å²) in [5.41, 5.74) is 0. The number of nitriles is 1. The highest BCUT2D eigenvalue weighted by atomic mass is 32.2. The zero-order chi connectivity index (χ0) is 14.9. The Bertz CT molecular complexity index is 701. The molecule has 1 N–H and O–H groups in total. The van der Waals surface area contributed by atoms with Crippen molar-refractivity contribution in [1.29, 1.82) is 5.26 Å². The number of imide groups is 1. The van der Waals surface area contributed by atoms with Crippen molar-refractivity contribution >= 4 is 33.2 Å². The molecule has 1 aromatic rings. The molecule has 2 heterocycles. The summed E-state index contributed by atoms with van der Waals surface area (Å²) in [4.78, 5) is 23.4. The normalized spacial score (nSPS) is 20.5. The van der Waals surface area contributed by atoms with E-state index in [1.54, 1.807) is 6.92 Å². The predicted molar refractivity (Wildman–Crippen MR) is 70.2 cm³/mol. The van der Waals surface area contributed by atoms with Crippen molar-refractivity contribution in [3.63, 3.8) is 0 Å². The molecule has 1 aromatic heterocycles. The molecule has 1 atom stereocenters. The molecule has 1 aliphatic rings. The summed E-state index contributed by atoms with van der Waals surface area (Å²) in [7, 11) is -3.96. The van der Waals surface area contributed by atoms with Crippen molar-refractivity contribution in [2.45, 2.75) is 23.6 Å². The number of amides is 2. The third kappa shape index (κ3) is 2.45. The Morgan fingerprint density at radius 3 is 2.75 bits per heavy atom. The van der Waals surface area contributed by atoms with Gasteiger partial charge in [0.05, 0.1) is 6.54 Å². The summed E-state index contributed by atoms with van der Waals surface area (Å²) < 4.78 is 25.8. The summed E-state index contributed by atoms with van der Waals surface area (Å²) in [6.45, 7) is 1.27. The molecule has 2 amide bonds. The number of nitrogens with zero attached hydrogens (tertiary/aromatic N) is 2. The molecule has 0 bridgehead atoms. The first-order valence-corrected chi connectivity index (χ1v) is 8.01. The second-order valence-corrected chi connectivity index (χ2v) is 7.32. The Hall–Kier alpha value is -1.76. The lowest BCUT2D eigenvalue weighted by Crippen LogP contribution is -2.59. The molecule has 0 radical (unpaired) electrons. The van der Waals surface area contributed by atoms with Crippen LogP contribution < -0.4 is 5.32 Å². The summed E-state index contributed by atoms with van der Waals surface area (Å²) in [6.07, 6.45) is 0.259. The largest absolute Gasteiger partial charge is 0.294 e. The van der Waals surface area contributed by atoms with E-state index in [0.717, 1.165) is 15.6 Å². The average Bonchev–Trinajstić information content (AvgIpc) is 2.87. The van der Waals surface area contributed by atoms with E-state index >= 15 is 0 Å². The Morgan fingerprint density at radius 1 is 1.50 bits per heavy atom. The number of thiophene rings is 1. The predicted octanol–water partition coefficient (Wildman–Crippen LogP) is 0.0455. The molecule has 9 heteroatoms. The Labute approximate surface area is 119 Å². The molecule has 0 spiro atoms. The highest BCUT2D eigenvalue weighted by Gasteiger charge is 2.41. The van der Waals surface area contributed by atoms with Gasteiger partial charge >= 0.3 is 0 Å². The van der Waals surface area contributed by atoms with Gasteiger partial charge in [-0.2, -0.15) is 9.57 Å². The molecular formula is C11H11N3O4S2. The van der Waals surface area contributed by atoms with Crippen LogP contribution in [0.15, 0.2) is 16.3 Å². The first-order chi connectivity index (χ1) is 9.40. The quantitative estimate of drug-likeness (QED) is 0.793. The van der Waals surface area contributed by atoms with E-state index in [2.05, 4.69) is 5.32 Å². The zero-order valence-corrected chi connectivity index (χ0v) is 12.1. The second-order valence-electron chi connectivity index (χ2n) is 4.12. The van der Waals surface area contributed by atoms with Crippen molar-refractivity contribution in [1.82, 2.24) is 9.62 Å². The number of hydrogen-bond donors (Lipinski definition) is 1. The molecule has 0 saturated carbocycles. The van der Waals surface area contributed by atoms with Crippen LogP contribution in [0.2, 0.25) is 0 Å². The molecule has 7 nitrogen and oxygen atoms in total. The third-order valence-electron chi connectivity index (χ3n) is 2.85. The fraction of sp³-hybridized carbons (Fsp3) is 0.364. The van der Waals surface area contributed by atoms with Gasteiger partial charge in [0.2, 0.25) is 11.8 Å². The third-order valence-corrected chi connectivity index (χ3v) is 6.17. The minimum atomic E-state index is -3.96. The van der Waals surface area contributed by atoms with Crippen molar-refractivity contribution in [2.24, 2.45) is 0 Å². The molecule has 1 aliphatic heterocycles. The first-order valence-electron chi connectivity index (χ1n) is 5.75. The number of piperazine rings is 1. The van der Waals surface area contributed by atoms with E-state index in [1.165, 1.54) is 12.1 Å². The smallest absolute Gasteiger partial charge is 0.253 e. The highest BCUT2D eigenvalue weighted by molar-refractivity contribution is 7.91. The Morgan fingerprint density at radius 2 is 2.20 bits per heavy atom. The van der Waals surface area contributed by atoms with Gasteiger partial charge in [0.1, 0.15) is 21.2 Å². The van der Waals surface area contributed by atoms with Crippen LogP contribution in [0.25, 0.3) is 0 Å². The monoisotopic (exact) mass is 313 g/mol. The van der Waals surface area contributed by atoms with Crippen LogP contribution in [0, 0.1) is 11.3 Å². The lowest BCUT2D eigenvalue weighted by Gasteiger charge is -2.31. The van der Waals surface area contributed by atoms with E-state index in [9.17, 15) is 18.0 Å². The Balaban J connectivity index is 2.43. The summed E-state index contributed by atoms with van der Waals surface area (Å²) in [6, 6.07) is 3.64. The van der Waals surface area contributed by atoms with Crippen LogP contribution >= 0.6 is 11.3 Å². The number of rotatable bonds is 3. The number of carbonyl (C=O) groups excluding carboxylic acids is 2. The SMILES string of the molecule is CCC1C(=O)NC(=O)CN1S(=O)(=O)c1ccc(C#N)s1.